The highest BCUT2D eigenvalue weighted by atomic mass is 32.2. The van der Waals surface area contributed by atoms with E-state index in [9.17, 15) is 27.9 Å². The van der Waals surface area contributed by atoms with Gasteiger partial charge >= 0.3 is 12.1 Å². The number of aliphatic carboxylic acids is 1. The number of hydrogen-bond donors (Lipinski definition) is 2. The van der Waals surface area contributed by atoms with Crippen molar-refractivity contribution in [1.29, 1.82) is 0 Å². The fourth-order valence-electron chi connectivity index (χ4n) is 4.48. The highest BCUT2D eigenvalue weighted by Crippen LogP contribution is 2.44. The van der Waals surface area contributed by atoms with Crippen molar-refractivity contribution in [2.24, 2.45) is 0 Å². The molecule has 2 N–H and O–H groups in total. The number of hydrogen-bond acceptors (Lipinski definition) is 6. The molecule has 0 spiro atoms. The molecule has 1 heterocycles. The summed E-state index contributed by atoms with van der Waals surface area (Å²) >= 11 is 0. The normalized spacial score (nSPS) is 17.8. The number of carboxylic acid groups (broad SMARTS) is 1. The lowest BCUT2D eigenvalue weighted by molar-refractivity contribution is -0.158. The Kier molecular flexibility index (Phi) is 6.60. The van der Waals surface area contributed by atoms with E-state index in [0.717, 1.165) is 33.4 Å². The van der Waals surface area contributed by atoms with Crippen LogP contribution in [0.5, 0.6) is 0 Å². The molecule has 2 aromatic carbocycles. The average Bonchev–Trinajstić information content (AvgIpc) is 3.07. The number of carbonyl (C=O) groups excluding carboxylic acids is 2. The van der Waals surface area contributed by atoms with Crippen molar-refractivity contribution in [3.63, 3.8) is 0 Å². The number of fused-ring (bicyclic) bond motifs is 3. The Labute approximate surface area is 197 Å². The van der Waals surface area contributed by atoms with Gasteiger partial charge in [-0.05, 0) is 35.1 Å². The molecular weight excluding hydrogens is 460 g/mol. The highest BCUT2D eigenvalue weighted by molar-refractivity contribution is 7.90. The quantitative estimate of drug-likeness (QED) is 0.584. The molecule has 1 fully saturated rings. The van der Waals surface area contributed by atoms with Crippen LogP contribution in [0.15, 0.2) is 48.5 Å². The van der Waals surface area contributed by atoms with Gasteiger partial charge in [-0.1, -0.05) is 48.5 Å². The minimum atomic E-state index is -3.40. The number of likely N-dealkylation sites (tertiary alicyclic amines) is 1. The zero-order valence-electron chi connectivity index (χ0n) is 18.6. The van der Waals surface area contributed by atoms with Gasteiger partial charge in [-0.2, -0.15) is 0 Å². The number of amides is 2. The molecule has 2 amide bonds. The van der Waals surface area contributed by atoms with Crippen LogP contribution < -0.4 is 5.32 Å². The Balaban J connectivity index is 1.45. The number of rotatable bonds is 8. The lowest BCUT2D eigenvalue weighted by atomic mass is 9.98. The second-order valence-electron chi connectivity index (χ2n) is 8.62. The topological polar surface area (TPSA) is 130 Å². The fourth-order valence-corrected chi connectivity index (χ4v) is 5.14. The summed E-state index contributed by atoms with van der Waals surface area (Å²) in [6.07, 6.45) is 0.308. The van der Waals surface area contributed by atoms with Crippen molar-refractivity contribution in [2.75, 3.05) is 25.2 Å². The van der Waals surface area contributed by atoms with Gasteiger partial charge in [0, 0.05) is 18.7 Å². The molecule has 1 aliphatic carbocycles. The van der Waals surface area contributed by atoms with Crippen molar-refractivity contribution in [2.45, 2.75) is 30.8 Å². The van der Waals surface area contributed by atoms with Crippen molar-refractivity contribution in [3.05, 3.63) is 59.7 Å². The molecule has 34 heavy (non-hydrogen) atoms. The van der Waals surface area contributed by atoms with Gasteiger partial charge in [-0.3, -0.25) is 4.79 Å². The molecule has 10 heteroatoms. The Morgan fingerprint density at radius 3 is 2.18 bits per heavy atom. The molecule has 180 valence electrons. The van der Waals surface area contributed by atoms with Crippen LogP contribution in [-0.4, -0.2) is 73.6 Å². The summed E-state index contributed by atoms with van der Waals surface area (Å²) in [5, 5.41) is 11.7. The van der Waals surface area contributed by atoms with Crippen molar-refractivity contribution < 1.29 is 32.6 Å². The number of alkyl carbamates (subject to hydrolysis) is 1. The summed E-state index contributed by atoms with van der Waals surface area (Å²) in [5.41, 5.74) is 4.22. The predicted molar refractivity (Wildman–Crippen MR) is 124 cm³/mol. The molecular formula is C24H26N2O7S. The predicted octanol–water partition coefficient (Wildman–Crippen LogP) is 2.01. The Morgan fingerprint density at radius 2 is 1.68 bits per heavy atom. The molecule has 1 aliphatic heterocycles. The summed E-state index contributed by atoms with van der Waals surface area (Å²) in [4.78, 5) is 38.0. The molecule has 2 unspecified atom stereocenters. The molecule has 0 radical (unpaired) electrons. The van der Waals surface area contributed by atoms with E-state index in [2.05, 4.69) is 5.32 Å². The number of nitrogens with zero attached hydrogens (tertiary/aromatic N) is 1. The van der Waals surface area contributed by atoms with E-state index in [4.69, 9.17) is 4.74 Å². The number of benzene rings is 2. The van der Waals surface area contributed by atoms with Crippen molar-refractivity contribution in [3.8, 4) is 11.1 Å². The van der Waals surface area contributed by atoms with E-state index in [0.29, 0.717) is 6.42 Å². The molecule has 0 saturated carbocycles. The Bertz CT molecular complexity index is 1180. The van der Waals surface area contributed by atoms with Gasteiger partial charge in [0.1, 0.15) is 28.5 Å². The van der Waals surface area contributed by atoms with E-state index in [1.807, 2.05) is 48.5 Å². The van der Waals surface area contributed by atoms with E-state index < -0.39 is 39.9 Å². The van der Waals surface area contributed by atoms with Crippen LogP contribution in [0.2, 0.25) is 0 Å². The highest BCUT2D eigenvalue weighted by Gasteiger charge is 2.41. The van der Waals surface area contributed by atoms with Gasteiger partial charge in [0.05, 0.1) is 5.75 Å². The average molecular weight is 487 g/mol. The lowest BCUT2D eigenvalue weighted by Gasteiger charge is -2.40. The molecule has 0 bridgehead atoms. The minimum Gasteiger partial charge on any atom is -0.480 e. The maximum Gasteiger partial charge on any atom is 0.407 e. The zero-order chi connectivity index (χ0) is 24.5. The van der Waals surface area contributed by atoms with E-state index >= 15 is 0 Å². The molecule has 2 aliphatic rings. The Hall–Kier alpha value is -3.40. The van der Waals surface area contributed by atoms with E-state index in [-0.39, 0.29) is 31.2 Å². The smallest absolute Gasteiger partial charge is 0.407 e. The number of ether oxygens (including phenoxy) is 1. The monoisotopic (exact) mass is 486 g/mol. The van der Waals surface area contributed by atoms with Crippen LogP contribution in [0, 0.1) is 0 Å². The van der Waals surface area contributed by atoms with Crippen molar-refractivity contribution >= 4 is 27.8 Å². The summed E-state index contributed by atoms with van der Waals surface area (Å²) < 4.78 is 28.8. The molecule has 9 nitrogen and oxygen atoms in total. The number of carboxylic acids is 1. The van der Waals surface area contributed by atoms with Crippen LogP contribution in [0.1, 0.15) is 29.9 Å². The number of carbonyl (C=O) groups is 3. The van der Waals surface area contributed by atoms with Gasteiger partial charge in [0.25, 0.3) is 0 Å². The van der Waals surface area contributed by atoms with Gasteiger partial charge in [-0.25, -0.2) is 18.0 Å². The first-order valence-electron chi connectivity index (χ1n) is 11.0. The second kappa shape index (κ2) is 9.46. The maximum atomic E-state index is 12.9. The molecule has 4 rings (SSSR count). The largest absolute Gasteiger partial charge is 0.480 e. The third-order valence-electron chi connectivity index (χ3n) is 6.30. The first-order valence-corrected chi connectivity index (χ1v) is 13.0. The van der Waals surface area contributed by atoms with Crippen LogP contribution in [0.4, 0.5) is 4.79 Å². The molecule has 2 aromatic rings. The summed E-state index contributed by atoms with van der Waals surface area (Å²) in [7, 11) is -3.40. The third kappa shape index (κ3) is 4.91. The standard InChI is InChI=1S/C24H26N2O7S/c1-34(31,32)13-11-20(22(27)26-12-10-21(26)23(28)29)25-24(30)33-14-19-17-8-4-2-6-15(17)16-7-3-5-9-18(16)19/h2-9,19-21H,10-14H2,1H3,(H,25,30)(H,28,29). The third-order valence-corrected chi connectivity index (χ3v) is 7.28. The van der Waals surface area contributed by atoms with Crippen LogP contribution in [0.25, 0.3) is 11.1 Å². The van der Waals surface area contributed by atoms with Crippen LogP contribution >= 0.6 is 0 Å². The van der Waals surface area contributed by atoms with Crippen molar-refractivity contribution in [1.82, 2.24) is 10.2 Å². The lowest BCUT2D eigenvalue weighted by Crippen LogP contribution is -2.60. The van der Waals surface area contributed by atoms with E-state index in [1.165, 1.54) is 0 Å². The Morgan fingerprint density at radius 1 is 1.09 bits per heavy atom. The van der Waals surface area contributed by atoms with Gasteiger partial charge in [0.15, 0.2) is 0 Å². The van der Waals surface area contributed by atoms with Crippen LogP contribution in [-0.2, 0) is 24.2 Å². The van der Waals surface area contributed by atoms with Gasteiger partial charge < -0.3 is 20.1 Å². The maximum absolute atomic E-state index is 12.9. The zero-order valence-corrected chi connectivity index (χ0v) is 19.5. The minimum absolute atomic E-state index is 0.0360. The van der Waals surface area contributed by atoms with E-state index in [1.54, 1.807) is 0 Å². The summed E-state index contributed by atoms with van der Waals surface area (Å²) in [5.74, 6) is -2.27. The SMILES string of the molecule is CS(=O)(=O)CCC(NC(=O)OCC1c2ccccc2-c2ccccc21)C(=O)N1CCC1C(=O)O. The fraction of sp³-hybridized carbons (Fsp3) is 0.375. The first kappa shape index (κ1) is 23.7. The summed E-state index contributed by atoms with van der Waals surface area (Å²) in [6, 6.07) is 13.6. The molecule has 2 atom stereocenters. The van der Waals surface area contributed by atoms with Crippen LogP contribution in [0.3, 0.4) is 0 Å². The molecule has 1 saturated heterocycles. The number of nitrogens with one attached hydrogen (secondary N) is 1. The first-order chi connectivity index (χ1) is 16.2. The number of sulfone groups is 1. The van der Waals surface area contributed by atoms with Gasteiger partial charge in [-0.15, -0.1) is 0 Å². The molecule has 0 aromatic heterocycles. The second-order valence-corrected chi connectivity index (χ2v) is 10.9. The van der Waals surface area contributed by atoms with Gasteiger partial charge in [0.2, 0.25) is 5.91 Å². The summed E-state index contributed by atoms with van der Waals surface area (Å²) in [6.45, 7) is 0.270.